The van der Waals surface area contributed by atoms with Crippen molar-refractivity contribution in [2.24, 2.45) is 5.92 Å². The first kappa shape index (κ1) is 22.6. The van der Waals surface area contributed by atoms with Crippen LogP contribution in [0.3, 0.4) is 0 Å². The van der Waals surface area contributed by atoms with Crippen LogP contribution in [0.25, 0.3) is 16.9 Å². The molecule has 2 amide bonds. The molecule has 0 spiro atoms. The highest BCUT2D eigenvalue weighted by molar-refractivity contribution is 5.97. The first-order chi connectivity index (χ1) is 16.1. The van der Waals surface area contributed by atoms with E-state index >= 15 is 0 Å². The molecule has 4 rings (SSSR count). The fraction of sp³-hybridized carbons (Fsp3) is 0.346. The smallest absolute Gasteiger partial charge is 0.230 e. The van der Waals surface area contributed by atoms with Gasteiger partial charge in [-0.3, -0.25) is 9.59 Å². The largest absolute Gasteiger partial charge is 0.494 e. The summed E-state index contributed by atoms with van der Waals surface area (Å²) >= 11 is 0. The van der Waals surface area contributed by atoms with Crippen molar-refractivity contribution < 1.29 is 14.3 Å². The highest BCUT2D eigenvalue weighted by Crippen LogP contribution is 2.29. The second-order valence-electron chi connectivity index (χ2n) is 8.32. The van der Waals surface area contributed by atoms with Crippen LogP contribution in [0.2, 0.25) is 0 Å². The van der Waals surface area contributed by atoms with Gasteiger partial charge < -0.3 is 15.4 Å². The van der Waals surface area contributed by atoms with Gasteiger partial charge in [-0.15, -0.1) is 5.10 Å². The van der Waals surface area contributed by atoms with Gasteiger partial charge in [0.2, 0.25) is 11.8 Å². The molecule has 7 nitrogen and oxygen atoms in total. The molecule has 0 aliphatic carbocycles. The normalized spacial score (nSPS) is 15.3. The molecule has 3 aromatic rings. The monoisotopic (exact) mass is 446 g/mol. The zero-order valence-corrected chi connectivity index (χ0v) is 19.1. The summed E-state index contributed by atoms with van der Waals surface area (Å²) in [6.45, 7) is 5.23. The molecule has 0 bridgehead atoms. The van der Waals surface area contributed by atoms with Gasteiger partial charge in [0.15, 0.2) is 5.82 Å². The highest BCUT2D eigenvalue weighted by Gasteiger charge is 2.28. The number of aromatic nitrogens is 2. The van der Waals surface area contributed by atoms with Crippen LogP contribution in [0.1, 0.15) is 38.7 Å². The van der Waals surface area contributed by atoms with E-state index in [4.69, 9.17) is 9.84 Å². The second-order valence-corrected chi connectivity index (χ2v) is 8.32. The van der Waals surface area contributed by atoms with Crippen molar-refractivity contribution in [1.82, 2.24) is 15.1 Å². The molecule has 172 valence electrons. The first-order valence-corrected chi connectivity index (χ1v) is 11.6. The molecule has 0 unspecified atom stereocenters. The lowest BCUT2D eigenvalue weighted by atomic mass is 10.0. The maximum atomic E-state index is 12.7. The van der Waals surface area contributed by atoms with Crippen LogP contribution >= 0.6 is 0 Å². The van der Waals surface area contributed by atoms with Crippen molar-refractivity contribution in [3.63, 3.8) is 0 Å². The van der Waals surface area contributed by atoms with Gasteiger partial charge in [-0.1, -0.05) is 44.5 Å². The Labute approximate surface area is 194 Å². The van der Waals surface area contributed by atoms with Crippen LogP contribution in [0.15, 0.2) is 54.6 Å². The third kappa shape index (κ3) is 5.42. The number of amides is 2. The number of carbonyl (C=O) groups is 2. The Bertz CT molecular complexity index is 1140. The van der Waals surface area contributed by atoms with Crippen molar-refractivity contribution >= 4 is 17.6 Å². The predicted molar refractivity (Wildman–Crippen MR) is 129 cm³/mol. The van der Waals surface area contributed by atoms with Gasteiger partial charge in [0.1, 0.15) is 5.75 Å². The minimum absolute atomic E-state index is 0.0991. The fourth-order valence-electron chi connectivity index (χ4n) is 3.96. The van der Waals surface area contributed by atoms with Crippen LogP contribution in [0, 0.1) is 5.92 Å². The molecule has 33 heavy (non-hydrogen) atoms. The highest BCUT2D eigenvalue weighted by atomic mass is 16.5. The summed E-state index contributed by atoms with van der Waals surface area (Å²) in [5.74, 6) is 0.541. The number of carbonyl (C=O) groups excluding carboxylic acids is 2. The van der Waals surface area contributed by atoms with Gasteiger partial charge >= 0.3 is 0 Å². The van der Waals surface area contributed by atoms with Gasteiger partial charge in [0, 0.05) is 30.7 Å². The number of rotatable bonds is 9. The number of ether oxygens (including phenoxy) is 1. The van der Waals surface area contributed by atoms with Gasteiger partial charge in [0.05, 0.1) is 23.9 Å². The van der Waals surface area contributed by atoms with Crippen LogP contribution in [-0.4, -0.2) is 34.7 Å². The Balaban J connectivity index is 1.70. The Morgan fingerprint density at radius 3 is 2.76 bits per heavy atom. The van der Waals surface area contributed by atoms with Gasteiger partial charge in [-0.2, -0.15) is 0 Å². The van der Waals surface area contributed by atoms with Gasteiger partial charge in [-0.05, 0) is 36.6 Å². The van der Waals surface area contributed by atoms with Crippen molar-refractivity contribution in [2.45, 2.75) is 39.5 Å². The predicted octanol–water partition coefficient (Wildman–Crippen LogP) is 4.36. The minimum Gasteiger partial charge on any atom is -0.494 e. The quantitative estimate of drug-likeness (QED) is 0.512. The molecule has 1 aliphatic heterocycles. The maximum absolute atomic E-state index is 12.7. The van der Waals surface area contributed by atoms with Crippen molar-refractivity contribution in [1.29, 1.82) is 0 Å². The molecule has 1 aromatic heterocycles. The Morgan fingerprint density at radius 2 is 2.00 bits per heavy atom. The maximum Gasteiger partial charge on any atom is 0.230 e. The lowest BCUT2D eigenvalue weighted by Crippen LogP contribution is -2.24. The zero-order valence-electron chi connectivity index (χ0n) is 19.1. The van der Waals surface area contributed by atoms with E-state index in [0.717, 1.165) is 42.0 Å². The standard InChI is InChI=1S/C26H30N4O3/c1-3-7-18-8-5-9-19(13-18)23-16-24(28-26(32)20-14-25(31)27-17-20)29-30(23)21-10-6-11-22(15-21)33-12-4-2/h5-6,8-11,13,15-16,20H,3-4,7,12,14,17H2,1-2H3,(H,27,31)(H,28,29,32)/t20-/m0/s1. The van der Waals surface area contributed by atoms with Crippen molar-refractivity contribution in [3.8, 4) is 22.7 Å². The van der Waals surface area contributed by atoms with Gasteiger partial charge in [0.25, 0.3) is 0 Å². The molecule has 7 heteroatoms. The Morgan fingerprint density at radius 1 is 1.15 bits per heavy atom. The molecule has 2 N–H and O–H groups in total. The minimum atomic E-state index is -0.384. The number of aryl methyl sites for hydroxylation is 1. The third-order valence-electron chi connectivity index (χ3n) is 5.61. The van der Waals surface area contributed by atoms with Crippen LogP contribution in [0.4, 0.5) is 5.82 Å². The molecule has 2 heterocycles. The summed E-state index contributed by atoms with van der Waals surface area (Å²) in [5.41, 5.74) is 3.99. The molecule has 1 fully saturated rings. The van der Waals surface area contributed by atoms with Crippen LogP contribution in [0.5, 0.6) is 5.75 Å². The summed E-state index contributed by atoms with van der Waals surface area (Å²) in [6, 6.07) is 18.1. The zero-order chi connectivity index (χ0) is 23.2. The summed E-state index contributed by atoms with van der Waals surface area (Å²) in [6.07, 6.45) is 3.19. The van der Waals surface area contributed by atoms with E-state index in [2.05, 4.69) is 42.7 Å². The molecule has 1 atom stereocenters. The SMILES string of the molecule is CCCOc1cccc(-n2nc(NC(=O)[C@@H]3CNC(=O)C3)cc2-c2cccc(CCC)c2)c1. The topological polar surface area (TPSA) is 85.2 Å². The van der Waals surface area contributed by atoms with E-state index in [-0.39, 0.29) is 24.2 Å². The average Bonchev–Trinajstić information content (AvgIpc) is 3.45. The molecule has 1 aliphatic rings. The summed E-state index contributed by atoms with van der Waals surface area (Å²) in [5, 5.41) is 10.3. The van der Waals surface area contributed by atoms with Gasteiger partial charge in [-0.25, -0.2) is 4.68 Å². The van der Waals surface area contributed by atoms with E-state index in [1.807, 2.05) is 41.1 Å². The summed E-state index contributed by atoms with van der Waals surface area (Å²) in [4.78, 5) is 24.2. The fourth-order valence-corrected chi connectivity index (χ4v) is 3.96. The Kier molecular flexibility index (Phi) is 7.07. The Hall–Kier alpha value is -3.61. The van der Waals surface area contributed by atoms with E-state index < -0.39 is 0 Å². The van der Waals surface area contributed by atoms with E-state index in [0.29, 0.717) is 19.0 Å². The van der Waals surface area contributed by atoms with E-state index in [9.17, 15) is 9.59 Å². The average molecular weight is 447 g/mol. The van der Waals surface area contributed by atoms with Crippen LogP contribution < -0.4 is 15.4 Å². The first-order valence-electron chi connectivity index (χ1n) is 11.6. The summed E-state index contributed by atoms with van der Waals surface area (Å²) < 4.78 is 7.64. The molecular weight excluding hydrogens is 416 g/mol. The third-order valence-corrected chi connectivity index (χ3v) is 5.61. The number of anilines is 1. The molecule has 0 saturated carbocycles. The van der Waals surface area contributed by atoms with Crippen LogP contribution in [-0.2, 0) is 16.0 Å². The van der Waals surface area contributed by atoms with Crippen molar-refractivity contribution in [2.75, 3.05) is 18.5 Å². The van der Waals surface area contributed by atoms with Crippen molar-refractivity contribution in [3.05, 3.63) is 60.2 Å². The number of benzene rings is 2. The second kappa shape index (κ2) is 10.3. The molecule has 2 aromatic carbocycles. The molecule has 0 radical (unpaired) electrons. The number of hydrogen-bond acceptors (Lipinski definition) is 4. The number of nitrogens with zero attached hydrogens (tertiary/aromatic N) is 2. The molecule has 1 saturated heterocycles. The summed E-state index contributed by atoms with van der Waals surface area (Å²) in [7, 11) is 0. The number of nitrogens with one attached hydrogen (secondary N) is 2. The lowest BCUT2D eigenvalue weighted by Gasteiger charge is -2.11. The number of hydrogen-bond donors (Lipinski definition) is 2. The van der Waals surface area contributed by atoms with E-state index in [1.165, 1.54) is 5.56 Å². The molecular formula is C26H30N4O3. The lowest BCUT2D eigenvalue weighted by molar-refractivity contribution is -0.123. The van der Waals surface area contributed by atoms with E-state index in [1.54, 1.807) is 0 Å².